The van der Waals surface area contributed by atoms with Crippen LogP contribution in [0.1, 0.15) is 39.1 Å². The minimum absolute atomic E-state index is 0.0531. The molecular weight excluding hydrogens is 250 g/mol. The van der Waals surface area contributed by atoms with E-state index in [1.54, 1.807) is 0 Å². The zero-order chi connectivity index (χ0) is 14.3. The number of aromatic amines is 1. The lowest BCUT2D eigenvalue weighted by atomic mass is 10.0. The number of hydrogen-bond donors (Lipinski definition) is 2. The van der Waals surface area contributed by atoms with Crippen LogP contribution in [0, 0.1) is 17.8 Å². The molecule has 1 amide bonds. The Hall–Kier alpha value is -1.84. The Bertz CT molecular complexity index is 598. The second-order valence-electron chi connectivity index (χ2n) is 6.19. The van der Waals surface area contributed by atoms with Crippen LogP contribution in [0.15, 0.2) is 24.3 Å². The predicted molar refractivity (Wildman–Crippen MR) is 79.1 cm³/mol. The highest BCUT2D eigenvalue weighted by molar-refractivity contribution is 5.82. The number of nitrogens with one attached hydrogen (secondary N) is 2. The lowest BCUT2D eigenvalue weighted by Gasteiger charge is -2.20. The lowest BCUT2D eigenvalue weighted by Crippen LogP contribution is -2.33. The summed E-state index contributed by atoms with van der Waals surface area (Å²) >= 11 is 0. The maximum atomic E-state index is 12.2. The van der Waals surface area contributed by atoms with Crippen LogP contribution in [0.25, 0.3) is 11.0 Å². The van der Waals surface area contributed by atoms with E-state index < -0.39 is 0 Å². The van der Waals surface area contributed by atoms with Crippen molar-refractivity contribution in [1.82, 2.24) is 15.3 Å². The highest BCUT2D eigenvalue weighted by Crippen LogP contribution is 2.38. The summed E-state index contributed by atoms with van der Waals surface area (Å²) < 4.78 is 0. The highest BCUT2D eigenvalue weighted by Gasteiger charge is 2.40. The minimum Gasteiger partial charge on any atom is -0.346 e. The number of nitrogens with zero attached hydrogens (tertiary/aromatic N) is 1. The Morgan fingerprint density at radius 2 is 2.10 bits per heavy atom. The smallest absolute Gasteiger partial charge is 0.223 e. The van der Waals surface area contributed by atoms with Gasteiger partial charge in [0.2, 0.25) is 5.91 Å². The fraction of sp³-hybridized carbons (Fsp3) is 0.500. The van der Waals surface area contributed by atoms with Gasteiger partial charge >= 0.3 is 0 Å². The Labute approximate surface area is 119 Å². The average Bonchev–Trinajstić information content (AvgIpc) is 3.00. The number of fused-ring (bicyclic) bond motifs is 1. The largest absolute Gasteiger partial charge is 0.346 e. The van der Waals surface area contributed by atoms with Gasteiger partial charge in [-0.3, -0.25) is 4.79 Å². The number of rotatable bonds is 4. The number of imidazole rings is 1. The van der Waals surface area contributed by atoms with Gasteiger partial charge in [-0.25, -0.2) is 4.98 Å². The molecule has 106 valence electrons. The summed E-state index contributed by atoms with van der Waals surface area (Å²) in [5, 5.41) is 3.15. The lowest BCUT2D eigenvalue weighted by molar-refractivity contribution is -0.123. The summed E-state index contributed by atoms with van der Waals surface area (Å²) in [5.74, 6) is 2.03. The Balaban J connectivity index is 1.84. The van der Waals surface area contributed by atoms with Gasteiger partial charge in [0.15, 0.2) is 0 Å². The quantitative estimate of drug-likeness (QED) is 0.898. The normalized spacial score (nSPS) is 23.0. The van der Waals surface area contributed by atoms with Gasteiger partial charge in [-0.05, 0) is 30.4 Å². The molecule has 0 aliphatic heterocycles. The van der Waals surface area contributed by atoms with Crippen LogP contribution in [0.2, 0.25) is 0 Å². The highest BCUT2D eigenvalue weighted by atomic mass is 16.2. The third-order valence-corrected chi connectivity index (χ3v) is 4.11. The summed E-state index contributed by atoms with van der Waals surface area (Å²) in [5.41, 5.74) is 1.96. The summed E-state index contributed by atoms with van der Waals surface area (Å²) in [4.78, 5) is 20.1. The standard InChI is InChI=1S/C16H21N3O/c1-9(2)14(19-16(20)11-8-10(11)3)15-17-12-6-4-5-7-13(12)18-15/h4-7,9-11,14H,8H2,1-3H3,(H,17,18)(H,19,20). The number of carbonyl (C=O) groups excluding carboxylic acids is 1. The molecule has 4 heteroatoms. The van der Waals surface area contributed by atoms with Crippen molar-refractivity contribution in [2.24, 2.45) is 17.8 Å². The Morgan fingerprint density at radius 1 is 1.40 bits per heavy atom. The molecule has 1 aliphatic carbocycles. The van der Waals surface area contributed by atoms with E-state index in [0.29, 0.717) is 11.8 Å². The van der Waals surface area contributed by atoms with E-state index >= 15 is 0 Å². The molecule has 3 unspecified atom stereocenters. The van der Waals surface area contributed by atoms with Crippen LogP contribution in [0.3, 0.4) is 0 Å². The zero-order valence-corrected chi connectivity index (χ0v) is 12.2. The fourth-order valence-electron chi connectivity index (χ4n) is 2.62. The molecule has 1 aromatic heterocycles. The van der Waals surface area contributed by atoms with Crippen molar-refractivity contribution >= 4 is 16.9 Å². The van der Waals surface area contributed by atoms with Crippen molar-refractivity contribution in [2.45, 2.75) is 33.2 Å². The van der Waals surface area contributed by atoms with Crippen LogP contribution in [-0.2, 0) is 4.79 Å². The van der Waals surface area contributed by atoms with Gasteiger partial charge in [0, 0.05) is 5.92 Å². The van der Waals surface area contributed by atoms with Gasteiger partial charge in [0.25, 0.3) is 0 Å². The van der Waals surface area contributed by atoms with E-state index in [-0.39, 0.29) is 17.9 Å². The molecule has 2 aromatic rings. The van der Waals surface area contributed by atoms with E-state index in [1.807, 2.05) is 24.3 Å². The summed E-state index contributed by atoms with van der Waals surface area (Å²) in [7, 11) is 0. The first kappa shape index (κ1) is 13.2. The van der Waals surface area contributed by atoms with E-state index in [9.17, 15) is 4.79 Å². The molecule has 1 fully saturated rings. The van der Waals surface area contributed by atoms with Crippen LogP contribution >= 0.6 is 0 Å². The van der Waals surface area contributed by atoms with E-state index in [1.165, 1.54) is 0 Å². The van der Waals surface area contributed by atoms with Crippen molar-refractivity contribution in [3.63, 3.8) is 0 Å². The third kappa shape index (κ3) is 2.42. The van der Waals surface area contributed by atoms with Crippen LogP contribution < -0.4 is 5.32 Å². The summed E-state index contributed by atoms with van der Waals surface area (Å²) in [6.07, 6.45) is 1.01. The molecule has 0 saturated heterocycles. The topological polar surface area (TPSA) is 57.8 Å². The number of carbonyl (C=O) groups is 1. The van der Waals surface area contributed by atoms with Crippen molar-refractivity contribution in [3.05, 3.63) is 30.1 Å². The number of H-pyrrole nitrogens is 1. The third-order valence-electron chi connectivity index (χ3n) is 4.11. The first-order chi connectivity index (χ1) is 9.56. The first-order valence-corrected chi connectivity index (χ1v) is 7.31. The van der Waals surface area contributed by atoms with E-state index in [0.717, 1.165) is 23.3 Å². The number of para-hydroxylation sites is 2. The number of aromatic nitrogens is 2. The zero-order valence-electron chi connectivity index (χ0n) is 12.2. The molecular formula is C16H21N3O. The summed E-state index contributed by atoms with van der Waals surface area (Å²) in [6, 6.07) is 7.90. The first-order valence-electron chi connectivity index (χ1n) is 7.31. The van der Waals surface area contributed by atoms with Crippen molar-refractivity contribution < 1.29 is 4.79 Å². The van der Waals surface area contributed by atoms with Gasteiger partial charge < -0.3 is 10.3 Å². The SMILES string of the molecule is CC(C)C(NC(=O)C1CC1C)c1nc2ccccc2[nH]1. The van der Waals surface area contributed by atoms with Gasteiger partial charge in [-0.1, -0.05) is 32.9 Å². The van der Waals surface area contributed by atoms with E-state index in [2.05, 4.69) is 36.1 Å². The molecule has 0 spiro atoms. The van der Waals surface area contributed by atoms with Gasteiger partial charge in [-0.15, -0.1) is 0 Å². The molecule has 1 heterocycles. The molecule has 1 aromatic carbocycles. The average molecular weight is 271 g/mol. The molecule has 1 aliphatic rings. The second-order valence-corrected chi connectivity index (χ2v) is 6.19. The van der Waals surface area contributed by atoms with Crippen molar-refractivity contribution in [2.75, 3.05) is 0 Å². The maximum Gasteiger partial charge on any atom is 0.223 e. The maximum absolute atomic E-state index is 12.2. The molecule has 4 nitrogen and oxygen atoms in total. The van der Waals surface area contributed by atoms with E-state index in [4.69, 9.17) is 0 Å². The Kier molecular flexibility index (Phi) is 3.24. The van der Waals surface area contributed by atoms with Gasteiger partial charge in [0.05, 0.1) is 17.1 Å². The van der Waals surface area contributed by atoms with Gasteiger partial charge in [-0.2, -0.15) is 0 Å². The minimum atomic E-state index is -0.0531. The molecule has 20 heavy (non-hydrogen) atoms. The van der Waals surface area contributed by atoms with Crippen molar-refractivity contribution in [1.29, 1.82) is 0 Å². The molecule has 2 N–H and O–H groups in total. The second kappa shape index (κ2) is 4.93. The van der Waals surface area contributed by atoms with Gasteiger partial charge in [0.1, 0.15) is 5.82 Å². The molecule has 3 atom stereocenters. The molecule has 1 saturated carbocycles. The number of benzene rings is 1. The predicted octanol–water partition coefficient (Wildman–Crippen LogP) is 3.03. The number of amides is 1. The molecule has 3 rings (SSSR count). The molecule has 0 bridgehead atoms. The fourth-order valence-corrected chi connectivity index (χ4v) is 2.62. The van der Waals surface area contributed by atoms with Crippen LogP contribution in [-0.4, -0.2) is 15.9 Å². The van der Waals surface area contributed by atoms with Crippen LogP contribution in [0.5, 0.6) is 0 Å². The molecule has 0 radical (unpaired) electrons. The Morgan fingerprint density at radius 3 is 2.70 bits per heavy atom. The van der Waals surface area contributed by atoms with Crippen molar-refractivity contribution in [3.8, 4) is 0 Å². The number of hydrogen-bond acceptors (Lipinski definition) is 2. The van der Waals surface area contributed by atoms with Crippen LogP contribution in [0.4, 0.5) is 0 Å². The monoisotopic (exact) mass is 271 g/mol. The summed E-state index contributed by atoms with van der Waals surface area (Å²) in [6.45, 7) is 6.33.